The van der Waals surface area contributed by atoms with Crippen molar-refractivity contribution >= 4 is 45.6 Å². The normalized spacial score (nSPS) is 22.0. The average Bonchev–Trinajstić information content (AvgIpc) is 3.37. The van der Waals surface area contributed by atoms with Gasteiger partial charge in [0.05, 0.1) is 17.4 Å². The summed E-state index contributed by atoms with van der Waals surface area (Å²) in [5.74, 6) is -1.36. The van der Waals surface area contributed by atoms with E-state index in [0.29, 0.717) is 10.7 Å². The van der Waals surface area contributed by atoms with Gasteiger partial charge in [0.2, 0.25) is 5.91 Å². The van der Waals surface area contributed by atoms with E-state index in [2.05, 4.69) is 0 Å². The third-order valence-corrected chi connectivity index (χ3v) is 7.09. The minimum absolute atomic E-state index is 0.286. The fourth-order valence-electron chi connectivity index (χ4n) is 5.01. The quantitative estimate of drug-likeness (QED) is 0.354. The number of carbonyl (C=O) groups excluding carboxylic acids is 2. The Morgan fingerprint density at radius 1 is 0.794 bits per heavy atom. The fraction of sp³-hybridized carbons (Fsp3) is 0.143. The molecule has 0 N–H and O–H groups in total. The maximum atomic E-state index is 13.8. The van der Waals surface area contributed by atoms with Crippen LogP contribution in [0.1, 0.15) is 17.2 Å². The maximum Gasteiger partial charge on any atom is 0.266 e. The van der Waals surface area contributed by atoms with Gasteiger partial charge in [-0.3, -0.25) is 14.4 Å². The highest BCUT2D eigenvalue weighted by Crippen LogP contribution is 2.49. The number of rotatable bonds is 3. The van der Waals surface area contributed by atoms with Crippen molar-refractivity contribution < 1.29 is 14.4 Å². The highest BCUT2D eigenvalue weighted by molar-refractivity contribution is 6.32. The molecule has 168 valence electrons. The predicted octanol–water partition coefficient (Wildman–Crippen LogP) is 5.85. The zero-order valence-corrected chi connectivity index (χ0v) is 19.1. The smallest absolute Gasteiger partial charge is 0.266 e. The Morgan fingerprint density at radius 2 is 1.53 bits per heavy atom. The van der Waals surface area contributed by atoms with E-state index in [0.717, 1.165) is 27.6 Å². The molecule has 2 aliphatic heterocycles. The van der Waals surface area contributed by atoms with Gasteiger partial charge in [-0.05, 0) is 53.1 Å². The van der Waals surface area contributed by atoms with E-state index in [9.17, 15) is 9.59 Å². The topological polar surface area (TPSA) is 49.9 Å². The summed E-state index contributed by atoms with van der Waals surface area (Å²) in [5.41, 5.74) is 3.08. The second-order valence-corrected chi connectivity index (χ2v) is 9.08. The molecule has 34 heavy (non-hydrogen) atoms. The van der Waals surface area contributed by atoms with Crippen molar-refractivity contribution in [3.05, 3.63) is 107 Å². The lowest BCUT2D eigenvalue weighted by molar-refractivity contribution is -0.126. The first kappa shape index (κ1) is 20.9. The van der Waals surface area contributed by atoms with Crippen LogP contribution >= 0.6 is 11.6 Å². The van der Waals surface area contributed by atoms with Crippen molar-refractivity contribution in [3.63, 3.8) is 0 Å². The standard InChI is InChI=1S/C28H21ClN2O3/c1-17-14-15-20(16-23(17)29)30-27(32)24-25(22-13-7-9-18-8-5-6-12-21(18)22)31(34-26(24)28(30)33)19-10-3-2-4-11-19/h2-16,24-26H,1H3/t24-,25-,26-/m0/s1. The van der Waals surface area contributed by atoms with Crippen LogP contribution in [-0.2, 0) is 14.4 Å². The molecule has 2 saturated heterocycles. The van der Waals surface area contributed by atoms with Crippen LogP contribution in [-0.4, -0.2) is 17.9 Å². The van der Waals surface area contributed by atoms with Gasteiger partial charge in [-0.1, -0.05) is 78.3 Å². The number of aryl methyl sites for hydroxylation is 1. The third-order valence-electron chi connectivity index (χ3n) is 6.68. The minimum Gasteiger partial charge on any atom is -0.273 e. The highest BCUT2D eigenvalue weighted by Gasteiger charge is 2.60. The molecule has 4 aromatic carbocycles. The zero-order valence-electron chi connectivity index (χ0n) is 18.4. The summed E-state index contributed by atoms with van der Waals surface area (Å²) in [6.07, 6.45) is -0.920. The van der Waals surface area contributed by atoms with Crippen molar-refractivity contribution in [2.24, 2.45) is 5.92 Å². The molecule has 4 aromatic rings. The number of anilines is 2. The van der Waals surface area contributed by atoms with Gasteiger partial charge < -0.3 is 0 Å². The van der Waals surface area contributed by atoms with Crippen molar-refractivity contribution in [1.82, 2.24) is 0 Å². The number of benzene rings is 4. The summed E-state index contributed by atoms with van der Waals surface area (Å²) in [4.78, 5) is 34.9. The summed E-state index contributed by atoms with van der Waals surface area (Å²) in [7, 11) is 0. The Labute approximate surface area is 202 Å². The Bertz CT molecular complexity index is 1430. The molecule has 3 atom stereocenters. The summed E-state index contributed by atoms with van der Waals surface area (Å²) in [6.45, 7) is 1.88. The van der Waals surface area contributed by atoms with Crippen molar-refractivity contribution in [2.45, 2.75) is 19.1 Å². The molecule has 0 spiro atoms. The molecule has 2 aliphatic rings. The van der Waals surface area contributed by atoms with E-state index in [1.165, 1.54) is 4.90 Å². The Hall–Kier alpha value is -3.67. The maximum absolute atomic E-state index is 13.8. The van der Waals surface area contributed by atoms with Crippen molar-refractivity contribution in [3.8, 4) is 0 Å². The summed E-state index contributed by atoms with van der Waals surface area (Å²) in [5, 5.41) is 4.33. The number of hydrogen-bond donors (Lipinski definition) is 0. The van der Waals surface area contributed by atoms with Crippen LogP contribution in [0.4, 0.5) is 11.4 Å². The van der Waals surface area contributed by atoms with E-state index >= 15 is 0 Å². The minimum atomic E-state index is -0.920. The van der Waals surface area contributed by atoms with Gasteiger partial charge in [-0.25, -0.2) is 9.96 Å². The van der Waals surface area contributed by atoms with Gasteiger partial charge >= 0.3 is 0 Å². The Kier molecular flexibility index (Phi) is 4.90. The lowest BCUT2D eigenvalue weighted by Gasteiger charge is -2.29. The molecule has 6 heteroatoms. The van der Waals surface area contributed by atoms with Gasteiger partial charge in [0.25, 0.3) is 5.91 Å². The average molecular weight is 469 g/mol. The zero-order chi connectivity index (χ0) is 23.4. The number of hydrogen-bond acceptors (Lipinski definition) is 4. The first-order valence-corrected chi connectivity index (χ1v) is 11.5. The first-order valence-electron chi connectivity index (χ1n) is 11.2. The monoisotopic (exact) mass is 468 g/mol. The molecule has 2 amide bonds. The predicted molar refractivity (Wildman–Crippen MR) is 133 cm³/mol. The highest BCUT2D eigenvalue weighted by atomic mass is 35.5. The van der Waals surface area contributed by atoms with Crippen molar-refractivity contribution in [1.29, 1.82) is 0 Å². The molecule has 2 heterocycles. The molecule has 5 nitrogen and oxygen atoms in total. The molecule has 0 aliphatic carbocycles. The van der Waals surface area contributed by atoms with Gasteiger partial charge in [0.1, 0.15) is 5.92 Å². The van der Waals surface area contributed by atoms with Crippen LogP contribution in [0.25, 0.3) is 10.8 Å². The number of para-hydroxylation sites is 1. The fourth-order valence-corrected chi connectivity index (χ4v) is 5.19. The number of amides is 2. The number of carbonyl (C=O) groups is 2. The number of halogens is 1. The van der Waals surface area contributed by atoms with E-state index < -0.39 is 18.1 Å². The summed E-state index contributed by atoms with van der Waals surface area (Å²) >= 11 is 6.31. The molecular weight excluding hydrogens is 448 g/mol. The first-order chi connectivity index (χ1) is 16.5. The number of hydroxylamine groups is 1. The molecule has 0 saturated carbocycles. The SMILES string of the molecule is Cc1ccc(N2C(=O)[C@@H]3[C@H](ON(c4ccccc4)[C@H]3c3cccc4ccccc34)C2=O)cc1Cl. The summed E-state index contributed by atoms with van der Waals surface area (Å²) < 4.78 is 0. The molecule has 0 radical (unpaired) electrons. The number of fused-ring (bicyclic) bond motifs is 2. The van der Waals surface area contributed by atoms with Gasteiger partial charge in [0, 0.05) is 5.02 Å². The second-order valence-electron chi connectivity index (χ2n) is 8.67. The van der Waals surface area contributed by atoms with E-state index in [-0.39, 0.29) is 11.8 Å². The second kappa shape index (κ2) is 7.97. The molecular formula is C28H21ClN2O3. The Balaban J connectivity index is 1.50. The van der Waals surface area contributed by atoms with Crippen LogP contribution in [0.2, 0.25) is 5.02 Å². The largest absolute Gasteiger partial charge is 0.273 e. The summed E-state index contributed by atoms with van der Waals surface area (Å²) in [6, 6.07) is 28.4. The van der Waals surface area contributed by atoms with Crippen LogP contribution < -0.4 is 9.96 Å². The molecule has 0 aromatic heterocycles. The van der Waals surface area contributed by atoms with Crippen molar-refractivity contribution in [2.75, 3.05) is 9.96 Å². The van der Waals surface area contributed by atoms with Gasteiger partial charge in [-0.15, -0.1) is 0 Å². The van der Waals surface area contributed by atoms with Crippen LogP contribution in [0.15, 0.2) is 91.0 Å². The molecule has 2 fully saturated rings. The van der Waals surface area contributed by atoms with Crippen LogP contribution in [0.5, 0.6) is 0 Å². The van der Waals surface area contributed by atoms with E-state index in [4.69, 9.17) is 16.4 Å². The van der Waals surface area contributed by atoms with Crippen LogP contribution in [0, 0.1) is 12.8 Å². The molecule has 0 bridgehead atoms. The molecule has 6 rings (SSSR count). The number of imide groups is 1. The van der Waals surface area contributed by atoms with E-state index in [1.54, 1.807) is 17.2 Å². The number of nitrogens with zero attached hydrogens (tertiary/aromatic N) is 2. The lowest BCUT2D eigenvalue weighted by Crippen LogP contribution is -2.37. The van der Waals surface area contributed by atoms with Crippen LogP contribution in [0.3, 0.4) is 0 Å². The third kappa shape index (κ3) is 3.12. The van der Waals surface area contributed by atoms with E-state index in [1.807, 2.05) is 85.8 Å². The molecule has 0 unspecified atom stereocenters. The van der Waals surface area contributed by atoms with Gasteiger partial charge in [0.15, 0.2) is 6.10 Å². The van der Waals surface area contributed by atoms with Gasteiger partial charge in [-0.2, -0.15) is 0 Å². The lowest BCUT2D eigenvalue weighted by atomic mass is 9.87. The Morgan fingerprint density at radius 3 is 2.32 bits per heavy atom.